The Hall–Kier alpha value is -2.93. The topological polar surface area (TPSA) is 97.1 Å². The summed E-state index contributed by atoms with van der Waals surface area (Å²) < 4.78 is 5.75. The van der Waals surface area contributed by atoms with Crippen LogP contribution in [0.3, 0.4) is 0 Å². The van der Waals surface area contributed by atoms with Crippen LogP contribution in [-0.4, -0.2) is 45.5 Å². The van der Waals surface area contributed by atoms with Crippen molar-refractivity contribution >= 4 is 22.6 Å². The number of aryl methyl sites for hydroxylation is 1. The van der Waals surface area contributed by atoms with Crippen LogP contribution in [0.4, 0.5) is 5.82 Å². The Kier molecular flexibility index (Phi) is 4.53. The summed E-state index contributed by atoms with van der Waals surface area (Å²) in [6.07, 6.45) is 5.97. The number of hydrogen-bond donors (Lipinski definition) is 2. The molecule has 0 saturated carbocycles. The number of nitrogens with zero attached hydrogens (tertiary/aromatic N) is 3. The second-order valence-electron chi connectivity index (χ2n) is 6.39. The molecule has 134 valence electrons. The molecule has 1 fully saturated rings. The van der Waals surface area contributed by atoms with Crippen molar-refractivity contribution in [3.63, 3.8) is 0 Å². The number of morpholine rings is 1. The van der Waals surface area contributed by atoms with Gasteiger partial charge in [-0.3, -0.25) is 9.78 Å². The van der Waals surface area contributed by atoms with E-state index >= 15 is 0 Å². The molecule has 1 saturated heterocycles. The molecule has 0 bridgehead atoms. The molecule has 2 aromatic heterocycles. The summed E-state index contributed by atoms with van der Waals surface area (Å²) in [5.41, 5.74) is 8.75. The molecule has 0 unspecified atom stereocenters. The third kappa shape index (κ3) is 3.25. The number of anilines is 1. The van der Waals surface area contributed by atoms with E-state index in [-0.39, 0.29) is 12.0 Å². The molecule has 3 heterocycles. The van der Waals surface area contributed by atoms with Gasteiger partial charge in [-0.2, -0.15) is 0 Å². The van der Waals surface area contributed by atoms with Gasteiger partial charge in [-0.15, -0.1) is 0 Å². The number of aromatic amines is 1. The first kappa shape index (κ1) is 16.5. The van der Waals surface area contributed by atoms with Crippen LogP contribution in [-0.2, 0) is 16.0 Å². The zero-order valence-electron chi connectivity index (χ0n) is 14.4. The highest BCUT2D eigenvalue weighted by Crippen LogP contribution is 2.24. The van der Waals surface area contributed by atoms with Gasteiger partial charge in [0.05, 0.1) is 13.2 Å². The minimum Gasteiger partial charge on any atom is -0.382 e. The smallest absolute Gasteiger partial charge is 0.223 e. The highest BCUT2D eigenvalue weighted by molar-refractivity contribution is 5.84. The molecule has 1 aliphatic rings. The van der Waals surface area contributed by atoms with Crippen molar-refractivity contribution in [2.75, 3.05) is 25.4 Å². The fraction of sp³-hybridized carbons (Fsp3) is 0.316. The molecule has 26 heavy (non-hydrogen) atoms. The number of ether oxygens (including phenoxy) is 1. The van der Waals surface area contributed by atoms with E-state index in [2.05, 4.69) is 21.0 Å². The number of nitrogen functional groups attached to an aromatic ring is 1. The fourth-order valence-corrected chi connectivity index (χ4v) is 3.39. The Morgan fingerprint density at radius 3 is 3.04 bits per heavy atom. The molecule has 1 atom stereocenters. The molecule has 7 heteroatoms. The number of carbonyl (C=O) groups excluding carboxylic acids is 1. The lowest BCUT2D eigenvalue weighted by Gasteiger charge is -2.33. The number of nitrogens with one attached hydrogen (secondary N) is 1. The molecule has 4 rings (SSSR count). The highest BCUT2D eigenvalue weighted by atomic mass is 16.5. The molecule has 0 aliphatic carbocycles. The summed E-state index contributed by atoms with van der Waals surface area (Å²) >= 11 is 0. The summed E-state index contributed by atoms with van der Waals surface area (Å²) in [6, 6.07) is 8.13. The van der Waals surface area contributed by atoms with Gasteiger partial charge in [0.1, 0.15) is 17.6 Å². The fourth-order valence-electron chi connectivity index (χ4n) is 3.39. The van der Waals surface area contributed by atoms with Gasteiger partial charge in [-0.25, -0.2) is 4.98 Å². The third-order valence-electron chi connectivity index (χ3n) is 4.76. The van der Waals surface area contributed by atoms with Gasteiger partial charge in [0.15, 0.2) is 0 Å². The molecular formula is C19H21N5O2. The number of amides is 1. The quantitative estimate of drug-likeness (QED) is 0.750. The van der Waals surface area contributed by atoms with Crippen LogP contribution in [0.25, 0.3) is 10.9 Å². The summed E-state index contributed by atoms with van der Waals surface area (Å²) in [6.45, 7) is 1.51. The van der Waals surface area contributed by atoms with Crippen LogP contribution in [0.1, 0.15) is 23.8 Å². The number of aromatic nitrogens is 3. The lowest BCUT2D eigenvalue weighted by molar-refractivity contribution is -0.139. The lowest BCUT2D eigenvalue weighted by atomic mass is 10.1. The van der Waals surface area contributed by atoms with Crippen molar-refractivity contribution in [3.05, 3.63) is 54.1 Å². The molecule has 1 aliphatic heterocycles. The van der Waals surface area contributed by atoms with E-state index in [1.165, 1.54) is 5.39 Å². The molecule has 0 spiro atoms. The highest BCUT2D eigenvalue weighted by Gasteiger charge is 2.27. The number of para-hydroxylation sites is 1. The number of benzene rings is 1. The lowest BCUT2D eigenvalue weighted by Crippen LogP contribution is -2.42. The summed E-state index contributed by atoms with van der Waals surface area (Å²) in [4.78, 5) is 26.1. The number of carbonyl (C=O) groups is 1. The third-order valence-corrected chi connectivity index (χ3v) is 4.76. The summed E-state index contributed by atoms with van der Waals surface area (Å²) in [5.74, 6) is 0.469. The second-order valence-corrected chi connectivity index (χ2v) is 6.39. The van der Waals surface area contributed by atoms with Crippen LogP contribution in [0, 0.1) is 0 Å². The standard InChI is InChI=1S/C19H21N5O2/c20-19-18(21-7-8-22-19)16-12-24(9-10-26-16)17(25)6-5-13-11-23-15-4-2-1-3-14(13)15/h1-4,7-8,11,16,23H,5-6,9-10,12H2,(H2,20,22)/t16-/m1/s1. The van der Waals surface area contributed by atoms with Gasteiger partial charge in [0.25, 0.3) is 0 Å². The average molecular weight is 351 g/mol. The largest absolute Gasteiger partial charge is 0.382 e. The Labute approximate surface area is 151 Å². The molecular weight excluding hydrogens is 330 g/mol. The minimum atomic E-state index is -0.325. The maximum absolute atomic E-state index is 12.7. The van der Waals surface area contributed by atoms with Crippen molar-refractivity contribution in [2.45, 2.75) is 18.9 Å². The van der Waals surface area contributed by atoms with Gasteiger partial charge in [0.2, 0.25) is 5.91 Å². The normalized spacial score (nSPS) is 17.5. The van der Waals surface area contributed by atoms with Gasteiger partial charge in [-0.05, 0) is 18.1 Å². The van der Waals surface area contributed by atoms with Crippen molar-refractivity contribution in [1.29, 1.82) is 0 Å². The predicted molar refractivity (Wildman–Crippen MR) is 98.3 cm³/mol. The van der Waals surface area contributed by atoms with E-state index in [1.807, 2.05) is 29.3 Å². The first-order valence-corrected chi connectivity index (χ1v) is 8.73. The molecule has 1 amide bonds. The number of hydrogen-bond acceptors (Lipinski definition) is 5. The number of fused-ring (bicyclic) bond motifs is 1. The first-order chi connectivity index (χ1) is 12.7. The van der Waals surface area contributed by atoms with Crippen LogP contribution < -0.4 is 5.73 Å². The average Bonchev–Trinajstić information content (AvgIpc) is 3.10. The van der Waals surface area contributed by atoms with E-state index in [0.29, 0.717) is 44.0 Å². The Morgan fingerprint density at radius 1 is 1.31 bits per heavy atom. The van der Waals surface area contributed by atoms with Crippen molar-refractivity contribution in [3.8, 4) is 0 Å². The Balaban J connectivity index is 1.41. The van der Waals surface area contributed by atoms with E-state index in [9.17, 15) is 4.79 Å². The Bertz CT molecular complexity index is 923. The number of H-pyrrole nitrogens is 1. The number of rotatable bonds is 4. The molecule has 3 aromatic rings. The maximum atomic E-state index is 12.7. The van der Waals surface area contributed by atoms with Crippen molar-refractivity contribution in [2.24, 2.45) is 0 Å². The molecule has 1 aromatic carbocycles. The predicted octanol–water partition coefficient (Wildman–Crippen LogP) is 2.07. The van der Waals surface area contributed by atoms with Crippen molar-refractivity contribution < 1.29 is 9.53 Å². The Morgan fingerprint density at radius 2 is 2.15 bits per heavy atom. The van der Waals surface area contributed by atoms with Crippen LogP contribution in [0.15, 0.2) is 42.9 Å². The number of nitrogens with two attached hydrogens (primary N) is 1. The second kappa shape index (κ2) is 7.13. The van der Waals surface area contributed by atoms with E-state index in [1.54, 1.807) is 12.4 Å². The van der Waals surface area contributed by atoms with Gasteiger partial charge in [-0.1, -0.05) is 18.2 Å². The first-order valence-electron chi connectivity index (χ1n) is 8.73. The molecule has 7 nitrogen and oxygen atoms in total. The summed E-state index contributed by atoms with van der Waals surface area (Å²) in [5, 5.41) is 1.17. The maximum Gasteiger partial charge on any atom is 0.223 e. The molecule has 3 N–H and O–H groups in total. The van der Waals surface area contributed by atoms with E-state index in [0.717, 1.165) is 11.1 Å². The van der Waals surface area contributed by atoms with Crippen LogP contribution >= 0.6 is 0 Å². The molecule has 0 radical (unpaired) electrons. The van der Waals surface area contributed by atoms with E-state index in [4.69, 9.17) is 10.5 Å². The van der Waals surface area contributed by atoms with E-state index < -0.39 is 0 Å². The zero-order valence-corrected chi connectivity index (χ0v) is 14.4. The van der Waals surface area contributed by atoms with Gasteiger partial charge >= 0.3 is 0 Å². The summed E-state index contributed by atoms with van der Waals surface area (Å²) in [7, 11) is 0. The monoisotopic (exact) mass is 351 g/mol. The van der Waals surface area contributed by atoms with Gasteiger partial charge in [0, 0.05) is 42.5 Å². The van der Waals surface area contributed by atoms with Gasteiger partial charge < -0.3 is 20.4 Å². The SMILES string of the molecule is Nc1nccnc1[C@H]1CN(C(=O)CCc2c[nH]c3ccccc23)CCO1. The van der Waals surface area contributed by atoms with Crippen LogP contribution in [0.2, 0.25) is 0 Å². The van der Waals surface area contributed by atoms with Crippen molar-refractivity contribution in [1.82, 2.24) is 19.9 Å². The van der Waals surface area contributed by atoms with Crippen LogP contribution in [0.5, 0.6) is 0 Å². The minimum absolute atomic E-state index is 0.117. The zero-order chi connectivity index (χ0) is 17.9.